The quantitative estimate of drug-likeness (QED) is 0.596. The van der Waals surface area contributed by atoms with Gasteiger partial charge in [-0.3, -0.25) is 0 Å². The number of rotatable bonds is 10. The lowest BCUT2D eigenvalue weighted by atomic mass is 9.77. The Balaban J connectivity index is 2.26. The zero-order valence-electron chi connectivity index (χ0n) is 12.5. The van der Waals surface area contributed by atoms with E-state index in [4.69, 9.17) is 4.74 Å². The molecule has 2 nitrogen and oxygen atoms in total. The number of nitrogens with one attached hydrogen (secondary N) is 1. The zero-order chi connectivity index (χ0) is 13.4. The van der Waals surface area contributed by atoms with E-state index in [2.05, 4.69) is 32.7 Å². The van der Waals surface area contributed by atoms with Gasteiger partial charge in [0.15, 0.2) is 0 Å². The number of ether oxygens (including phenoxy) is 1. The van der Waals surface area contributed by atoms with Crippen molar-refractivity contribution in [1.82, 2.24) is 5.32 Å². The van der Waals surface area contributed by atoms with E-state index in [0.717, 1.165) is 31.9 Å². The van der Waals surface area contributed by atoms with Gasteiger partial charge in [-0.2, -0.15) is 0 Å². The Labute approximate surface area is 113 Å². The van der Waals surface area contributed by atoms with E-state index in [1.807, 2.05) is 0 Å². The van der Waals surface area contributed by atoms with Gasteiger partial charge in [0.1, 0.15) is 0 Å². The van der Waals surface area contributed by atoms with Gasteiger partial charge in [0.2, 0.25) is 0 Å². The third-order valence-corrected chi connectivity index (χ3v) is 3.93. The molecule has 2 heteroatoms. The van der Waals surface area contributed by atoms with Crippen molar-refractivity contribution in [2.24, 2.45) is 5.92 Å². The molecule has 0 amide bonds. The van der Waals surface area contributed by atoms with Crippen LogP contribution in [0.25, 0.3) is 0 Å². The highest BCUT2D eigenvalue weighted by Gasteiger charge is 2.31. The first-order chi connectivity index (χ1) is 8.69. The summed E-state index contributed by atoms with van der Waals surface area (Å²) < 4.78 is 5.64. The van der Waals surface area contributed by atoms with E-state index in [1.54, 1.807) is 0 Å². The van der Waals surface area contributed by atoms with E-state index in [1.165, 1.54) is 31.3 Å². The minimum atomic E-state index is 0.543. The lowest BCUT2D eigenvalue weighted by molar-refractivity contribution is -0.0290. The average molecular weight is 253 g/mol. The van der Waals surface area contributed by atoms with E-state index in [9.17, 15) is 0 Å². The molecule has 1 aliphatic rings. The van der Waals surface area contributed by atoms with Crippen LogP contribution >= 0.6 is 0 Å². The summed E-state index contributed by atoms with van der Waals surface area (Å²) in [5, 5.41) is 3.68. The molecule has 18 heavy (non-hydrogen) atoms. The molecule has 106 valence electrons. The summed E-state index contributed by atoms with van der Waals surface area (Å²) in [5.74, 6) is 0.862. The Bertz CT molecular complexity index is 233. The molecule has 1 fully saturated rings. The summed E-state index contributed by atoms with van der Waals surface area (Å²) in [7, 11) is 0. The van der Waals surface area contributed by atoms with Crippen molar-refractivity contribution in [3.8, 4) is 0 Å². The highest BCUT2D eigenvalue weighted by Crippen LogP contribution is 2.34. The van der Waals surface area contributed by atoms with Gasteiger partial charge in [-0.1, -0.05) is 26.0 Å². The summed E-state index contributed by atoms with van der Waals surface area (Å²) >= 11 is 0. The van der Waals surface area contributed by atoms with Gasteiger partial charge in [0.05, 0.1) is 6.10 Å². The third kappa shape index (κ3) is 5.53. The predicted octanol–water partition coefficient (Wildman–Crippen LogP) is 3.92. The molecule has 0 aromatic carbocycles. The van der Waals surface area contributed by atoms with Crippen molar-refractivity contribution in [1.29, 1.82) is 0 Å². The van der Waals surface area contributed by atoms with Crippen molar-refractivity contribution in [3.63, 3.8) is 0 Å². The fourth-order valence-electron chi connectivity index (χ4n) is 2.72. The van der Waals surface area contributed by atoms with Crippen LogP contribution in [-0.4, -0.2) is 25.3 Å². The maximum absolute atomic E-state index is 5.64. The minimum Gasteiger partial charge on any atom is -0.378 e. The van der Waals surface area contributed by atoms with E-state index < -0.39 is 0 Å². The molecule has 1 atom stereocenters. The predicted molar refractivity (Wildman–Crippen MR) is 78.9 cm³/mol. The molecule has 0 radical (unpaired) electrons. The first-order valence-electron chi connectivity index (χ1n) is 7.71. The largest absolute Gasteiger partial charge is 0.378 e. The van der Waals surface area contributed by atoms with Crippen LogP contribution < -0.4 is 5.32 Å². The second kappa shape index (κ2) is 8.71. The SMILES string of the molecule is C=C(CC)CC(CC1CC(OCC)C1)NCCC. The molecule has 1 N–H and O–H groups in total. The lowest BCUT2D eigenvalue weighted by Crippen LogP contribution is -2.38. The standard InChI is InChI=1S/C16H31NO/c1-5-8-17-15(9-13(4)6-2)10-14-11-16(12-14)18-7-3/h14-17H,4-12H2,1-3H3. The monoisotopic (exact) mass is 253 g/mol. The van der Waals surface area contributed by atoms with Crippen molar-refractivity contribution in [2.45, 2.75) is 71.4 Å². The van der Waals surface area contributed by atoms with Gasteiger partial charge < -0.3 is 10.1 Å². The van der Waals surface area contributed by atoms with Crippen molar-refractivity contribution in [3.05, 3.63) is 12.2 Å². The van der Waals surface area contributed by atoms with Crippen LogP contribution in [0.5, 0.6) is 0 Å². The van der Waals surface area contributed by atoms with Gasteiger partial charge in [-0.05, 0) is 57.9 Å². The summed E-state index contributed by atoms with van der Waals surface area (Å²) in [6.45, 7) is 12.7. The van der Waals surface area contributed by atoms with Gasteiger partial charge in [-0.15, -0.1) is 0 Å². The fourth-order valence-corrected chi connectivity index (χ4v) is 2.72. The third-order valence-electron chi connectivity index (χ3n) is 3.93. The molecule has 0 saturated heterocycles. The number of hydrogen-bond acceptors (Lipinski definition) is 2. The van der Waals surface area contributed by atoms with Crippen molar-refractivity contribution >= 4 is 0 Å². The molecule has 1 saturated carbocycles. The lowest BCUT2D eigenvalue weighted by Gasteiger charge is -2.37. The Hall–Kier alpha value is -0.340. The molecule has 0 spiro atoms. The maximum atomic E-state index is 5.64. The number of hydrogen-bond donors (Lipinski definition) is 1. The van der Waals surface area contributed by atoms with Crippen LogP contribution in [-0.2, 0) is 4.74 Å². The molecule has 1 unspecified atom stereocenters. The topological polar surface area (TPSA) is 21.3 Å². The van der Waals surface area contributed by atoms with Gasteiger partial charge >= 0.3 is 0 Å². The van der Waals surface area contributed by atoms with Crippen LogP contribution in [0.15, 0.2) is 12.2 Å². The van der Waals surface area contributed by atoms with Crippen molar-refractivity contribution in [2.75, 3.05) is 13.2 Å². The molecular formula is C16H31NO. The average Bonchev–Trinajstić information content (AvgIpc) is 2.32. The first-order valence-corrected chi connectivity index (χ1v) is 7.71. The maximum Gasteiger partial charge on any atom is 0.0580 e. The molecule has 0 heterocycles. The second-order valence-corrected chi connectivity index (χ2v) is 5.61. The van der Waals surface area contributed by atoms with Crippen LogP contribution in [0.1, 0.15) is 59.3 Å². The Morgan fingerprint density at radius 3 is 2.61 bits per heavy atom. The minimum absolute atomic E-state index is 0.543. The fraction of sp³-hybridized carbons (Fsp3) is 0.875. The van der Waals surface area contributed by atoms with Crippen LogP contribution in [0.2, 0.25) is 0 Å². The Kier molecular flexibility index (Phi) is 7.60. The zero-order valence-corrected chi connectivity index (χ0v) is 12.5. The Morgan fingerprint density at radius 1 is 1.33 bits per heavy atom. The molecule has 0 aromatic rings. The van der Waals surface area contributed by atoms with Gasteiger partial charge in [0.25, 0.3) is 0 Å². The summed E-state index contributed by atoms with van der Waals surface area (Å²) in [6, 6.07) is 0.630. The molecule has 1 aliphatic carbocycles. The highest BCUT2D eigenvalue weighted by atomic mass is 16.5. The summed E-state index contributed by atoms with van der Waals surface area (Å²) in [6.07, 6.45) is 7.82. The van der Waals surface area contributed by atoms with Crippen LogP contribution in [0, 0.1) is 5.92 Å². The van der Waals surface area contributed by atoms with E-state index >= 15 is 0 Å². The summed E-state index contributed by atoms with van der Waals surface area (Å²) in [4.78, 5) is 0. The first kappa shape index (κ1) is 15.7. The normalized spacial score (nSPS) is 24.6. The van der Waals surface area contributed by atoms with Gasteiger partial charge in [-0.25, -0.2) is 0 Å². The van der Waals surface area contributed by atoms with Crippen LogP contribution in [0.3, 0.4) is 0 Å². The molecular weight excluding hydrogens is 222 g/mol. The van der Waals surface area contributed by atoms with Gasteiger partial charge in [0, 0.05) is 12.6 Å². The smallest absolute Gasteiger partial charge is 0.0580 e. The molecule has 0 bridgehead atoms. The summed E-state index contributed by atoms with van der Waals surface area (Å²) in [5.41, 5.74) is 1.38. The highest BCUT2D eigenvalue weighted by molar-refractivity contribution is 4.98. The Morgan fingerprint density at radius 2 is 2.06 bits per heavy atom. The van der Waals surface area contributed by atoms with E-state index in [0.29, 0.717) is 12.1 Å². The van der Waals surface area contributed by atoms with Crippen LogP contribution in [0.4, 0.5) is 0 Å². The molecule has 1 rings (SSSR count). The second-order valence-electron chi connectivity index (χ2n) is 5.61. The molecule has 0 aliphatic heterocycles. The molecule has 0 aromatic heterocycles. The van der Waals surface area contributed by atoms with Crippen molar-refractivity contribution < 1.29 is 4.74 Å². The van der Waals surface area contributed by atoms with E-state index in [-0.39, 0.29) is 0 Å².